The van der Waals surface area contributed by atoms with Crippen LogP contribution in [0.1, 0.15) is 44.1 Å². The minimum Gasteiger partial charge on any atom is -0.493 e. The van der Waals surface area contributed by atoms with Crippen molar-refractivity contribution in [1.82, 2.24) is 5.32 Å². The maximum atomic E-state index is 12.5. The highest BCUT2D eigenvalue weighted by atomic mass is 16.5. The summed E-state index contributed by atoms with van der Waals surface area (Å²) in [6, 6.07) is 5.35. The normalized spacial score (nSPS) is 28.4. The number of nitrogens with one attached hydrogen (secondary N) is 1. The van der Waals surface area contributed by atoms with Crippen LogP contribution in [0.5, 0.6) is 11.5 Å². The molecule has 5 rings (SSSR count). The fourth-order valence-electron chi connectivity index (χ4n) is 6.00. The summed E-state index contributed by atoms with van der Waals surface area (Å²) >= 11 is 0. The van der Waals surface area contributed by atoms with Crippen LogP contribution >= 0.6 is 0 Å². The number of methoxy groups -OCH3 is 1. The summed E-state index contributed by atoms with van der Waals surface area (Å²) in [5.74, 6) is 2.67. The van der Waals surface area contributed by atoms with Gasteiger partial charge in [-0.2, -0.15) is 0 Å². The molecule has 0 aromatic heterocycles. The fraction of sp³-hybridized carbons (Fsp3) is 0.520. The Bertz CT molecular complexity index is 839. The van der Waals surface area contributed by atoms with E-state index in [-0.39, 0.29) is 18.1 Å². The summed E-state index contributed by atoms with van der Waals surface area (Å²) in [5, 5.41) is 3.21. The molecule has 0 heterocycles. The van der Waals surface area contributed by atoms with Gasteiger partial charge in [0.25, 0.3) is 5.91 Å². The summed E-state index contributed by atoms with van der Waals surface area (Å²) in [6.45, 7) is 3.75. The van der Waals surface area contributed by atoms with Crippen LogP contribution in [-0.4, -0.2) is 37.7 Å². The number of ether oxygens (including phenoxy) is 3. The largest absolute Gasteiger partial charge is 0.493 e. The second-order valence-corrected chi connectivity index (χ2v) is 9.20. The Labute approximate surface area is 183 Å². The lowest BCUT2D eigenvalue weighted by Crippen LogP contribution is -2.60. The van der Waals surface area contributed by atoms with Gasteiger partial charge in [-0.1, -0.05) is 18.7 Å². The fourth-order valence-corrected chi connectivity index (χ4v) is 6.00. The third kappa shape index (κ3) is 5.12. The Morgan fingerprint density at radius 1 is 1.13 bits per heavy atom. The molecule has 1 amide bonds. The van der Waals surface area contributed by atoms with E-state index in [4.69, 9.17) is 14.2 Å². The molecule has 4 fully saturated rings. The number of benzene rings is 1. The van der Waals surface area contributed by atoms with Gasteiger partial charge < -0.3 is 19.5 Å². The van der Waals surface area contributed by atoms with Crippen LogP contribution in [0, 0.1) is 17.8 Å². The van der Waals surface area contributed by atoms with E-state index in [0.29, 0.717) is 18.1 Å². The summed E-state index contributed by atoms with van der Waals surface area (Å²) < 4.78 is 16.0. The van der Waals surface area contributed by atoms with Gasteiger partial charge in [-0.3, -0.25) is 4.79 Å². The number of carbonyl (C=O) groups is 2. The summed E-state index contributed by atoms with van der Waals surface area (Å²) in [5.41, 5.74) is 0.692. The molecule has 1 aromatic rings. The smallest absolute Gasteiger partial charge is 0.331 e. The zero-order valence-electron chi connectivity index (χ0n) is 18.1. The van der Waals surface area contributed by atoms with E-state index in [0.717, 1.165) is 42.6 Å². The highest BCUT2D eigenvalue weighted by Gasteiger charge is 2.51. The van der Waals surface area contributed by atoms with Gasteiger partial charge in [0.2, 0.25) is 0 Å². The molecule has 0 atom stereocenters. The zero-order valence-corrected chi connectivity index (χ0v) is 18.1. The Hall–Kier alpha value is -2.76. The molecule has 4 aliphatic carbocycles. The number of hydrogen-bond donors (Lipinski definition) is 1. The lowest BCUT2D eigenvalue weighted by Gasteiger charge is -2.56. The highest BCUT2D eigenvalue weighted by Crippen LogP contribution is 2.55. The van der Waals surface area contributed by atoms with Crippen molar-refractivity contribution in [2.24, 2.45) is 17.8 Å². The molecule has 6 nitrogen and oxygen atoms in total. The summed E-state index contributed by atoms with van der Waals surface area (Å²) in [6.07, 6.45) is 11.8. The lowest BCUT2D eigenvalue weighted by molar-refractivity contribution is -0.145. The maximum Gasteiger partial charge on any atom is 0.331 e. The molecule has 0 spiro atoms. The first kappa shape index (κ1) is 21.5. The van der Waals surface area contributed by atoms with Crippen molar-refractivity contribution in [3.05, 3.63) is 42.5 Å². The summed E-state index contributed by atoms with van der Waals surface area (Å²) in [7, 11) is 1.56. The quantitative estimate of drug-likeness (QED) is 0.369. The van der Waals surface area contributed by atoms with Gasteiger partial charge in [0, 0.05) is 11.6 Å². The first-order chi connectivity index (χ1) is 15.0. The molecule has 0 radical (unpaired) electrons. The lowest BCUT2D eigenvalue weighted by atomic mass is 9.53. The number of hydrogen-bond acceptors (Lipinski definition) is 5. The average molecular weight is 426 g/mol. The predicted octanol–water partition coefficient (Wildman–Crippen LogP) is 3.90. The second-order valence-electron chi connectivity index (χ2n) is 9.20. The molecule has 1 aromatic carbocycles. The number of rotatable bonds is 9. The van der Waals surface area contributed by atoms with Crippen molar-refractivity contribution in [2.45, 2.75) is 44.1 Å². The third-order valence-electron chi connectivity index (χ3n) is 6.74. The van der Waals surface area contributed by atoms with E-state index in [2.05, 4.69) is 11.9 Å². The van der Waals surface area contributed by atoms with Gasteiger partial charge in [-0.05, 0) is 80.1 Å². The minimum atomic E-state index is -0.549. The molecular weight excluding hydrogens is 394 g/mol. The maximum absolute atomic E-state index is 12.5. The summed E-state index contributed by atoms with van der Waals surface area (Å²) in [4.78, 5) is 24.6. The van der Waals surface area contributed by atoms with Crippen molar-refractivity contribution >= 4 is 18.0 Å². The van der Waals surface area contributed by atoms with Crippen molar-refractivity contribution < 1.29 is 23.8 Å². The van der Waals surface area contributed by atoms with Crippen molar-refractivity contribution in [3.8, 4) is 11.5 Å². The van der Waals surface area contributed by atoms with Crippen LogP contribution < -0.4 is 14.8 Å². The van der Waals surface area contributed by atoms with E-state index < -0.39 is 5.97 Å². The number of carbonyl (C=O) groups excluding carboxylic acids is 2. The van der Waals surface area contributed by atoms with Crippen LogP contribution in [0.3, 0.4) is 0 Å². The Morgan fingerprint density at radius 3 is 2.42 bits per heavy atom. The average Bonchev–Trinajstić information content (AvgIpc) is 2.73. The molecular formula is C25H31NO5. The van der Waals surface area contributed by atoms with Crippen LogP contribution in [0.2, 0.25) is 0 Å². The van der Waals surface area contributed by atoms with Gasteiger partial charge in [0.05, 0.1) is 7.11 Å². The van der Waals surface area contributed by atoms with Gasteiger partial charge in [0.1, 0.15) is 6.61 Å². The molecule has 4 bridgehead atoms. The van der Waals surface area contributed by atoms with Crippen molar-refractivity contribution in [2.75, 3.05) is 20.3 Å². The SMILES string of the molecule is C=CCOc1ccc(/C=C/C(=O)OCC(=O)NC23CC4CC(CC(C4)C2)C3)cc1OC. The molecule has 0 saturated heterocycles. The van der Waals surface area contributed by atoms with E-state index in [9.17, 15) is 9.59 Å². The van der Waals surface area contributed by atoms with Crippen LogP contribution in [0.25, 0.3) is 6.08 Å². The van der Waals surface area contributed by atoms with Crippen molar-refractivity contribution in [1.29, 1.82) is 0 Å². The van der Waals surface area contributed by atoms with Gasteiger partial charge >= 0.3 is 5.97 Å². The van der Waals surface area contributed by atoms with Crippen molar-refractivity contribution in [3.63, 3.8) is 0 Å². The number of esters is 1. The number of amides is 1. The van der Waals surface area contributed by atoms with Gasteiger partial charge in [-0.15, -0.1) is 0 Å². The zero-order chi connectivity index (χ0) is 21.8. The van der Waals surface area contributed by atoms with Crippen LogP contribution in [0.15, 0.2) is 36.9 Å². The van der Waals surface area contributed by atoms with E-state index >= 15 is 0 Å². The standard InChI is InChI=1S/C25H31NO5/c1-3-8-30-21-6-4-17(12-22(21)29-2)5-7-24(28)31-16-23(27)26-25-13-18-9-19(14-25)11-20(10-18)15-25/h3-7,12,18-20H,1,8-11,13-16H2,2H3,(H,26,27)/b7-5+. The second kappa shape index (κ2) is 9.16. The molecule has 4 saturated carbocycles. The van der Waals surface area contributed by atoms with Gasteiger partial charge in [-0.25, -0.2) is 4.79 Å². The van der Waals surface area contributed by atoms with Crippen LogP contribution in [-0.2, 0) is 14.3 Å². The first-order valence-corrected chi connectivity index (χ1v) is 11.1. The topological polar surface area (TPSA) is 73.9 Å². The molecule has 4 aliphatic rings. The molecule has 0 unspecified atom stereocenters. The Morgan fingerprint density at radius 2 is 1.81 bits per heavy atom. The monoisotopic (exact) mass is 425 g/mol. The highest BCUT2D eigenvalue weighted by molar-refractivity contribution is 5.89. The van der Waals surface area contributed by atoms with E-state index in [1.807, 2.05) is 6.07 Å². The first-order valence-electron chi connectivity index (χ1n) is 11.1. The van der Waals surface area contributed by atoms with E-state index in [1.54, 1.807) is 31.4 Å². The predicted molar refractivity (Wildman–Crippen MR) is 118 cm³/mol. The van der Waals surface area contributed by atoms with Crippen LogP contribution in [0.4, 0.5) is 0 Å². The van der Waals surface area contributed by atoms with E-state index in [1.165, 1.54) is 25.3 Å². The molecule has 1 N–H and O–H groups in total. The third-order valence-corrected chi connectivity index (χ3v) is 6.74. The molecule has 31 heavy (non-hydrogen) atoms. The Kier molecular flexibility index (Phi) is 6.35. The molecule has 0 aliphatic heterocycles. The molecule has 6 heteroatoms. The van der Waals surface area contributed by atoms with Gasteiger partial charge in [0.15, 0.2) is 18.1 Å². The Balaban J connectivity index is 1.27. The molecule has 166 valence electrons. The minimum absolute atomic E-state index is 0.0694.